The van der Waals surface area contributed by atoms with Gasteiger partial charge in [-0.15, -0.1) is 0 Å². The van der Waals surface area contributed by atoms with E-state index >= 15 is 0 Å². The van der Waals surface area contributed by atoms with E-state index in [9.17, 15) is 14.4 Å². The monoisotopic (exact) mass is 255 g/mol. The zero-order chi connectivity index (χ0) is 12.4. The zero-order valence-corrected chi connectivity index (χ0v) is 10.6. The maximum absolute atomic E-state index is 11.7. The molecule has 0 bridgehead atoms. The van der Waals surface area contributed by atoms with Crippen LogP contribution in [0.3, 0.4) is 0 Å². The Hall–Kier alpha value is -0.830. The summed E-state index contributed by atoms with van der Waals surface area (Å²) in [5, 5.41) is 2.01. The van der Waals surface area contributed by atoms with Gasteiger partial charge in [0.2, 0.25) is 0 Å². The number of hydrogen-bond donors (Lipinski definition) is 3. The lowest BCUT2D eigenvalue weighted by Gasteiger charge is -2.39. The maximum Gasteiger partial charge on any atom is 0.350 e. The van der Waals surface area contributed by atoms with Crippen molar-refractivity contribution in [2.45, 2.75) is 37.4 Å². The molecule has 0 amide bonds. The van der Waals surface area contributed by atoms with Gasteiger partial charge in [0.1, 0.15) is 5.28 Å². The first-order chi connectivity index (χ1) is 8.04. The molecule has 0 aromatic heterocycles. The van der Waals surface area contributed by atoms with E-state index in [4.69, 9.17) is 0 Å². The average Bonchev–Trinajstić information content (AvgIpc) is 2.30. The summed E-state index contributed by atoms with van der Waals surface area (Å²) in [6.07, 6.45) is 3.85. The molecule has 1 fully saturated rings. The molecule has 0 unspecified atom stereocenters. The summed E-state index contributed by atoms with van der Waals surface area (Å²) in [5.41, 5.74) is 0.776. The zero-order valence-electron chi connectivity index (χ0n) is 9.67. The van der Waals surface area contributed by atoms with Crippen LogP contribution in [0.1, 0.15) is 32.1 Å². The van der Waals surface area contributed by atoms with Crippen molar-refractivity contribution in [3.8, 4) is 0 Å². The molecule has 0 heterocycles. The Morgan fingerprint density at radius 3 is 2.18 bits per heavy atom. The van der Waals surface area contributed by atoms with Crippen LogP contribution < -0.4 is 5.32 Å². The fraction of sp³-hybridized carbons (Fsp3) is 0.500. The van der Waals surface area contributed by atoms with E-state index in [1.165, 1.54) is 0 Å². The summed E-state index contributed by atoms with van der Waals surface area (Å²) >= 11 is 0. The van der Waals surface area contributed by atoms with Crippen LogP contribution in [0.15, 0.2) is 30.3 Å². The standard InChI is InChI=1S/C12H18NO3P/c14-17(15,16)12(9-5-2-6-10-12)13-11-7-3-1-4-8-11/h1,3-4,7-8,13H,2,5-6,9-10H2,(H2,14,15,16). The number of rotatable bonds is 3. The third kappa shape index (κ3) is 2.71. The highest BCUT2D eigenvalue weighted by Crippen LogP contribution is 2.57. The van der Waals surface area contributed by atoms with Crippen molar-refractivity contribution in [1.82, 2.24) is 0 Å². The molecule has 3 N–H and O–H groups in total. The van der Waals surface area contributed by atoms with Gasteiger partial charge in [0.05, 0.1) is 0 Å². The summed E-state index contributed by atoms with van der Waals surface area (Å²) in [4.78, 5) is 19.2. The lowest BCUT2D eigenvalue weighted by Crippen LogP contribution is -2.39. The van der Waals surface area contributed by atoms with Crippen molar-refractivity contribution in [2.24, 2.45) is 0 Å². The molecule has 17 heavy (non-hydrogen) atoms. The molecule has 5 heteroatoms. The molecule has 1 aromatic carbocycles. The Morgan fingerprint density at radius 2 is 1.65 bits per heavy atom. The number of hydrogen-bond acceptors (Lipinski definition) is 2. The molecule has 1 saturated carbocycles. The number of nitrogens with one attached hydrogen (secondary N) is 1. The van der Waals surface area contributed by atoms with Gasteiger partial charge in [0, 0.05) is 5.69 Å². The van der Waals surface area contributed by atoms with E-state index in [1.807, 2.05) is 30.3 Å². The van der Waals surface area contributed by atoms with Crippen LogP contribution in [0.2, 0.25) is 0 Å². The molecule has 0 radical (unpaired) electrons. The Morgan fingerprint density at radius 1 is 1.06 bits per heavy atom. The molecule has 0 atom stereocenters. The van der Waals surface area contributed by atoms with Crippen LogP contribution in [-0.4, -0.2) is 15.1 Å². The number of benzene rings is 1. The smallest absolute Gasteiger partial charge is 0.350 e. The molecule has 1 aromatic rings. The van der Waals surface area contributed by atoms with Crippen LogP contribution in [0.5, 0.6) is 0 Å². The molecule has 4 nitrogen and oxygen atoms in total. The van der Waals surface area contributed by atoms with Gasteiger partial charge >= 0.3 is 7.60 Å². The van der Waals surface area contributed by atoms with Gasteiger partial charge in [0.15, 0.2) is 0 Å². The van der Waals surface area contributed by atoms with Crippen molar-refractivity contribution >= 4 is 13.3 Å². The second-order valence-corrected chi connectivity index (χ2v) is 6.57. The van der Waals surface area contributed by atoms with Crippen LogP contribution >= 0.6 is 7.60 Å². The van der Waals surface area contributed by atoms with Gasteiger partial charge in [0.25, 0.3) is 0 Å². The lowest BCUT2D eigenvalue weighted by atomic mass is 9.94. The highest BCUT2D eigenvalue weighted by Gasteiger charge is 2.47. The summed E-state index contributed by atoms with van der Waals surface area (Å²) < 4.78 is 11.7. The molecule has 1 aliphatic carbocycles. The van der Waals surface area contributed by atoms with E-state index in [0.29, 0.717) is 12.8 Å². The van der Waals surface area contributed by atoms with E-state index in [-0.39, 0.29) is 0 Å². The van der Waals surface area contributed by atoms with E-state index in [1.54, 1.807) is 0 Å². The Bertz CT molecular complexity index is 409. The summed E-state index contributed by atoms with van der Waals surface area (Å²) in [5.74, 6) is 0. The minimum absolute atomic E-state index is 0.534. The van der Waals surface area contributed by atoms with Gasteiger partial charge in [-0.2, -0.15) is 0 Å². The molecule has 1 aliphatic rings. The second-order valence-electron chi connectivity index (χ2n) is 4.63. The molecular formula is C12H18NO3P. The third-order valence-electron chi connectivity index (χ3n) is 3.39. The Balaban J connectivity index is 2.25. The third-order valence-corrected chi connectivity index (χ3v) is 5.06. The molecular weight excluding hydrogens is 237 g/mol. The molecule has 0 saturated heterocycles. The van der Waals surface area contributed by atoms with Gasteiger partial charge in [-0.3, -0.25) is 4.57 Å². The SMILES string of the molecule is O=P(O)(O)C1(Nc2ccccc2)CCCCC1. The topological polar surface area (TPSA) is 69.6 Å². The van der Waals surface area contributed by atoms with Gasteiger partial charge < -0.3 is 15.1 Å². The van der Waals surface area contributed by atoms with Gasteiger partial charge in [-0.05, 0) is 25.0 Å². The van der Waals surface area contributed by atoms with Gasteiger partial charge in [-0.25, -0.2) is 0 Å². The highest BCUT2D eigenvalue weighted by molar-refractivity contribution is 7.53. The highest BCUT2D eigenvalue weighted by atomic mass is 31.2. The first kappa shape index (κ1) is 12.6. The van der Waals surface area contributed by atoms with E-state index < -0.39 is 12.9 Å². The van der Waals surface area contributed by atoms with Crippen LogP contribution in [0.4, 0.5) is 5.69 Å². The first-order valence-corrected chi connectivity index (χ1v) is 7.54. The Kier molecular flexibility index (Phi) is 3.57. The Labute approximate surface area is 101 Å². The quantitative estimate of drug-likeness (QED) is 0.726. The summed E-state index contributed by atoms with van der Waals surface area (Å²) in [6, 6.07) is 9.28. The molecule has 2 rings (SSSR count). The summed E-state index contributed by atoms with van der Waals surface area (Å²) in [7, 11) is -4.15. The number of anilines is 1. The van der Waals surface area contributed by atoms with Crippen molar-refractivity contribution in [2.75, 3.05) is 5.32 Å². The normalized spacial score (nSPS) is 19.9. The van der Waals surface area contributed by atoms with Crippen molar-refractivity contribution < 1.29 is 14.4 Å². The lowest BCUT2D eigenvalue weighted by molar-refractivity contribution is 0.296. The first-order valence-electron chi connectivity index (χ1n) is 5.92. The van der Waals surface area contributed by atoms with Crippen LogP contribution in [0.25, 0.3) is 0 Å². The van der Waals surface area contributed by atoms with E-state index in [0.717, 1.165) is 24.9 Å². The molecule has 0 spiro atoms. The average molecular weight is 255 g/mol. The molecule has 94 valence electrons. The predicted molar refractivity (Wildman–Crippen MR) is 67.9 cm³/mol. The van der Waals surface area contributed by atoms with Gasteiger partial charge in [-0.1, -0.05) is 37.5 Å². The van der Waals surface area contributed by atoms with Crippen molar-refractivity contribution in [3.05, 3.63) is 30.3 Å². The fourth-order valence-electron chi connectivity index (χ4n) is 2.42. The predicted octanol–water partition coefficient (Wildman–Crippen LogP) is 2.94. The van der Waals surface area contributed by atoms with E-state index in [2.05, 4.69) is 5.32 Å². The second kappa shape index (κ2) is 4.81. The van der Waals surface area contributed by atoms with Crippen LogP contribution in [0, 0.1) is 0 Å². The van der Waals surface area contributed by atoms with Crippen molar-refractivity contribution in [3.63, 3.8) is 0 Å². The summed E-state index contributed by atoms with van der Waals surface area (Å²) in [6.45, 7) is 0. The molecule has 0 aliphatic heterocycles. The van der Waals surface area contributed by atoms with Crippen molar-refractivity contribution in [1.29, 1.82) is 0 Å². The van der Waals surface area contributed by atoms with Crippen LogP contribution in [-0.2, 0) is 4.57 Å². The minimum atomic E-state index is -4.15. The minimum Gasteiger partial charge on any atom is -0.369 e. The number of para-hydroxylation sites is 1. The fourth-order valence-corrected chi connectivity index (χ4v) is 3.59. The maximum atomic E-state index is 11.7. The largest absolute Gasteiger partial charge is 0.369 e.